The fraction of sp³-hybridized carbons (Fsp3) is 0.333. The summed E-state index contributed by atoms with van der Waals surface area (Å²) in [5.74, 6) is 0.0219. The van der Waals surface area contributed by atoms with Gasteiger partial charge < -0.3 is 14.5 Å². The van der Waals surface area contributed by atoms with Gasteiger partial charge in [0.1, 0.15) is 0 Å². The monoisotopic (exact) mass is 404 g/mol. The van der Waals surface area contributed by atoms with Crippen LogP contribution in [0.15, 0.2) is 54.6 Å². The summed E-state index contributed by atoms with van der Waals surface area (Å²) in [7, 11) is 1.86. The number of ether oxygens (including phenoxy) is 1. The van der Waals surface area contributed by atoms with Gasteiger partial charge in [-0.05, 0) is 49.7 Å². The summed E-state index contributed by atoms with van der Waals surface area (Å²) in [6.45, 7) is 7.56. The van der Waals surface area contributed by atoms with Crippen LogP contribution in [0.4, 0.5) is 5.69 Å². The third-order valence-electron chi connectivity index (χ3n) is 5.42. The quantitative estimate of drug-likeness (QED) is 0.652. The lowest BCUT2D eigenvalue weighted by Gasteiger charge is -2.31. The fourth-order valence-corrected chi connectivity index (χ4v) is 3.96. The van der Waals surface area contributed by atoms with Crippen LogP contribution in [0, 0.1) is 13.8 Å². The van der Waals surface area contributed by atoms with Gasteiger partial charge in [-0.3, -0.25) is 4.79 Å². The van der Waals surface area contributed by atoms with Gasteiger partial charge in [0.15, 0.2) is 0 Å². The van der Waals surface area contributed by atoms with Crippen LogP contribution in [-0.2, 0) is 11.3 Å². The highest BCUT2D eigenvalue weighted by Crippen LogP contribution is 2.23. The van der Waals surface area contributed by atoms with Gasteiger partial charge in [-0.25, -0.2) is 4.68 Å². The van der Waals surface area contributed by atoms with Crippen LogP contribution >= 0.6 is 0 Å². The van der Waals surface area contributed by atoms with Crippen LogP contribution in [0.5, 0.6) is 0 Å². The smallest absolute Gasteiger partial charge is 0.256 e. The molecule has 156 valence electrons. The van der Waals surface area contributed by atoms with E-state index in [-0.39, 0.29) is 5.91 Å². The number of hydrogen-bond acceptors (Lipinski definition) is 4. The van der Waals surface area contributed by atoms with E-state index in [1.807, 2.05) is 68.0 Å². The standard InChI is InChI=1S/C24H28N4O2/c1-18-15-19(2)28(25-18)21-8-6-7-20(16-21)17-26(3)24(29)22-9-4-5-10-23(22)27-11-13-30-14-12-27/h4-10,15-16H,11-14,17H2,1-3H3. The van der Waals surface area contributed by atoms with Crippen LogP contribution in [0.2, 0.25) is 0 Å². The van der Waals surface area contributed by atoms with Gasteiger partial charge in [0.2, 0.25) is 0 Å². The fourth-order valence-electron chi connectivity index (χ4n) is 3.96. The molecule has 1 saturated heterocycles. The second-order valence-corrected chi connectivity index (χ2v) is 7.79. The summed E-state index contributed by atoms with van der Waals surface area (Å²) < 4.78 is 7.40. The number of hydrogen-bond donors (Lipinski definition) is 0. The highest BCUT2D eigenvalue weighted by Gasteiger charge is 2.21. The molecule has 2 aromatic carbocycles. The van der Waals surface area contributed by atoms with Crippen LogP contribution in [-0.4, -0.2) is 53.9 Å². The van der Waals surface area contributed by atoms with Crippen molar-refractivity contribution in [3.63, 3.8) is 0 Å². The van der Waals surface area contributed by atoms with Crippen molar-refractivity contribution in [2.24, 2.45) is 0 Å². The van der Waals surface area contributed by atoms with Crippen molar-refractivity contribution in [2.45, 2.75) is 20.4 Å². The Kier molecular flexibility index (Phi) is 5.86. The Morgan fingerprint density at radius 1 is 1.07 bits per heavy atom. The first kappa shape index (κ1) is 20.2. The van der Waals surface area contributed by atoms with Crippen molar-refractivity contribution in [1.82, 2.24) is 14.7 Å². The Labute approximate surface area is 177 Å². The number of carbonyl (C=O) groups excluding carboxylic acids is 1. The third-order valence-corrected chi connectivity index (χ3v) is 5.42. The first-order valence-corrected chi connectivity index (χ1v) is 10.3. The highest BCUT2D eigenvalue weighted by atomic mass is 16.5. The number of nitrogens with zero attached hydrogens (tertiary/aromatic N) is 4. The second-order valence-electron chi connectivity index (χ2n) is 7.79. The predicted octanol–water partition coefficient (Wildman–Crippen LogP) is 3.60. The molecule has 0 spiro atoms. The topological polar surface area (TPSA) is 50.6 Å². The average Bonchev–Trinajstić information content (AvgIpc) is 3.12. The highest BCUT2D eigenvalue weighted by molar-refractivity contribution is 5.99. The van der Waals surface area contributed by atoms with Gasteiger partial charge in [0.25, 0.3) is 5.91 Å². The molecule has 1 fully saturated rings. The number of amides is 1. The van der Waals surface area contributed by atoms with Crippen molar-refractivity contribution in [3.05, 3.63) is 77.1 Å². The molecular formula is C24H28N4O2. The van der Waals surface area contributed by atoms with Crippen LogP contribution < -0.4 is 4.90 Å². The molecule has 0 bridgehead atoms. The maximum Gasteiger partial charge on any atom is 0.256 e. The predicted molar refractivity (Wildman–Crippen MR) is 118 cm³/mol. The zero-order valence-electron chi connectivity index (χ0n) is 17.8. The van der Waals surface area contributed by atoms with Gasteiger partial charge in [-0.2, -0.15) is 5.10 Å². The minimum Gasteiger partial charge on any atom is -0.378 e. The molecule has 1 aliphatic rings. The molecule has 6 nitrogen and oxygen atoms in total. The maximum absolute atomic E-state index is 13.3. The normalized spacial score (nSPS) is 14.0. The van der Waals surface area contributed by atoms with E-state index < -0.39 is 0 Å². The number of aryl methyl sites for hydroxylation is 2. The number of morpholine rings is 1. The Hall–Kier alpha value is -3.12. The SMILES string of the molecule is Cc1cc(C)n(-c2cccc(CN(C)C(=O)c3ccccc3N3CCOCC3)c2)n1. The summed E-state index contributed by atoms with van der Waals surface area (Å²) >= 11 is 0. The molecule has 2 heterocycles. The van der Waals surface area contributed by atoms with E-state index in [0.717, 1.165) is 47.0 Å². The van der Waals surface area contributed by atoms with Crippen LogP contribution in [0.25, 0.3) is 5.69 Å². The van der Waals surface area contributed by atoms with E-state index in [2.05, 4.69) is 22.1 Å². The van der Waals surface area contributed by atoms with Crippen LogP contribution in [0.1, 0.15) is 27.3 Å². The number of para-hydroxylation sites is 1. The van der Waals surface area contributed by atoms with Crippen LogP contribution in [0.3, 0.4) is 0 Å². The van der Waals surface area contributed by atoms with E-state index in [1.165, 1.54) is 0 Å². The Morgan fingerprint density at radius 2 is 1.83 bits per heavy atom. The number of aromatic nitrogens is 2. The molecule has 0 aliphatic carbocycles. The van der Waals surface area contributed by atoms with Gasteiger partial charge in [0.05, 0.1) is 30.2 Å². The third kappa shape index (κ3) is 4.24. The molecule has 3 aromatic rings. The molecule has 1 amide bonds. The molecule has 0 saturated carbocycles. The van der Waals surface area contributed by atoms with Crippen molar-refractivity contribution >= 4 is 11.6 Å². The maximum atomic E-state index is 13.3. The molecular weight excluding hydrogens is 376 g/mol. The molecule has 0 unspecified atom stereocenters. The lowest BCUT2D eigenvalue weighted by molar-refractivity contribution is 0.0784. The van der Waals surface area contributed by atoms with E-state index in [9.17, 15) is 4.79 Å². The van der Waals surface area contributed by atoms with Gasteiger partial charge in [0, 0.05) is 38.1 Å². The number of rotatable bonds is 5. The minimum atomic E-state index is 0.0219. The summed E-state index contributed by atoms with van der Waals surface area (Å²) in [4.78, 5) is 17.3. The zero-order chi connectivity index (χ0) is 21.1. The summed E-state index contributed by atoms with van der Waals surface area (Å²) in [6, 6.07) is 18.1. The van der Waals surface area contributed by atoms with Gasteiger partial charge in [-0.15, -0.1) is 0 Å². The number of carbonyl (C=O) groups is 1. The molecule has 6 heteroatoms. The van der Waals surface area contributed by atoms with Gasteiger partial charge >= 0.3 is 0 Å². The first-order valence-electron chi connectivity index (χ1n) is 10.3. The number of benzene rings is 2. The van der Waals surface area contributed by atoms with Crippen molar-refractivity contribution in [2.75, 3.05) is 38.3 Å². The van der Waals surface area contributed by atoms with E-state index in [0.29, 0.717) is 19.8 Å². The lowest BCUT2D eigenvalue weighted by Crippen LogP contribution is -2.38. The van der Waals surface area contributed by atoms with Crippen molar-refractivity contribution in [3.8, 4) is 5.69 Å². The zero-order valence-corrected chi connectivity index (χ0v) is 17.8. The molecule has 0 atom stereocenters. The Balaban J connectivity index is 1.54. The Morgan fingerprint density at radius 3 is 2.57 bits per heavy atom. The van der Waals surface area contributed by atoms with Crippen molar-refractivity contribution < 1.29 is 9.53 Å². The Bertz CT molecular complexity index is 1040. The van der Waals surface area contributed by atoms with E-state index >= 15 is 0 Å². The summed E-state index contributed by atoms with van der Waals surface area (Å²) in [5.41, 5.74) is 5.87. The molecule has 4 rings (SSSR count). The van der Waals surface area contributed by atoms with Gasteiger partial charge in [-0.1, -0.05) is 24.3 Å². The summed E-state index contributed by atoms with van der Waals surface area (Å²) in [6.07, 6.45) is 0. The lowest BCUT2D eigenvalue weighted by atomic mass is 10.1. The molecule has 30 heavy (non-hydrogen) atoms. The molecule has 1 aliphatic heterocycles. The number of anilines is 1. The molecule has 0 radical (unpaired) electrons. The average molecular weight is 405 g/mol. The molecule has 0 N–H and O–H groups in total. The first-order chi connectivity index (χ1) is 14.5. The minimum absolute atomic E-state index is 0.0219. The molecule has 1 aromatic heterocycles. The summed E-state index contributed by atoms with van der Waals surface area (Å²) in [5, 5.41) is 4.57. The second kappa shape index (κ2) is 8.71. The largest absolute Gasteiger partial charge is 0.378 e. The van der Waals surface area contributed by atoms with E-state index in [1.54, 1.807) is 4.90 Å². The van der Waals surface area contributed by atoms with E-state index in [4.69, 9.17) is 4.74 Å². The van der Waals surface area contributed by atoms with Crippen molar-refractivity contribution in [1.29, 1.82) is 0 Å².